The summed E-state index contributed by atoms with van der Waals surface area (Å²) in [6.07, 6.45) is 6.16. The van der Waals surface area contributed by atoms with Crippen molar-refractivity contribution < 1.29 is 18.8 Å². The summed E-state index contributed by atoms with van der Waals surface area (Å²) >= 11 is 1.58. The second-order valence-electron chi connectivity index (χ2n) is 16.1. The van der Waals surface area contributed by atoms with Gasteiger partial charge in [-0.3, -0.25) is 9.80 Å². The molecule has 2 aliphatic heterocycles. The number of amides is 1. The summed E-state index contributed by atoms with van der Waals surface area (Å²) in [5.74, 6) is 2.21. The number of likely N-dealkylation sites (N-methyl/N-ethyl adjacent to an activating group) is 1. The molecule has 0 saturated carbocycles. The molecule has 3 aliphatic rings. The molecule has 3 aromatic rings. The number of fused-ring (bicyclic) bond motifs is 1. The number of hydrogen-bond donors (Lipinski definition) is 0. The fourth-order valence-electron chi connectivity index (χ4n) is 7.93. The smallest absolute Gasteiger partial charge is 0.410 e. The van der Waals surface area contributed by atoms with Crippen LogP contribution in [0.15, 0.2) is 21.6 Å². The third-order valence-electron chi connectivity index (χ3n) is 10.4. The number of ether oxygens (including phenoxy) is 2. The zero-order chi connectivity index (χ0) is 37.5. The highest BCUT2D eigenvalue weighted by Gasteiger charge is 2.42. The molecule has 2 saturated heterocycles. The van der Waals surface area contributed by atoms with Crippen molar-refractivity contribution in [1.29, 1.82) is 5.26 Å². The number of hydrogen-bond acceptors (Lipinski definition) is 12. The summed E-state index contributed by atoms with van der Waals surface area (Å²) in [6, 6.07) is 6.29. The van der Waals surface area contributed by atoms with Crippen LogP contribution in [0.25, 0.3) is 11.5 Å². The lowest BCUT2D eigenvalue weighted by Gasteiger charge is -2.44. The van der Waals surface area contributed by atoms with E-state index in [9.17, 15) is 10.1 Å². The molecule has 2 fully saturated rings. The first-order chi connectivity index (χ1) is 24.6. The van der Waals surface area contributed by atoms with Crippen molar-refractivity contribution in [2.45, 2.75) is 116 Å². The molecule has 1 amide bonds. The van der Waals surface area contributed by atoms with Crippen molar-refractivity contribution in [3.05, 3.63) is 33.9 Å². The molecule has 0 unspecified atom stereocenters. The Morgan fingerprint density at radius 2 is 1.94 bits per heavy atom. The predicted octanol–water partition coefficient (Wildman–Crippen LogP) is 6.62. The van der Waals surface area contributed by atoms with Gasteiger partial charge in [0.25, 0.3) is 0 Å². The van der Waals surface area contributed by atoms with Gasteiger partial charge in [0.05, 0.1) is 29.4 Å². The maximum Gasteiger partial charge on any atom is 0.410 e. The molecule has 6 rings (SSSR count). The van der Waals surface area contributed by atoms with E-state index in [4.69, 9.17) is 24.0 Å². The number of likely N-dealkylation sites (tertiary alicyclic amines) is 1. The average molecular weight is 732 g/mol. The molecule has 0 aromatic carbocycles. The molecule has 0 N–H and O–H groups in total. The second kappa shape index (κ2) is 14.7. The first kappa shape index (κ1) is 37.5. The number of aromatic nitrogens is 3. The van der Waals surface area contributed by atoms with Gasteiger partial charge >= 0.3 is 6.09 Å². The summed E-state index contributed by atoms with van der Waals surface area (Å²) in [5, 5.41) is 15.6. The summed E-state index contributed by atoms with van der Waals surface area (Å²) < 4.78 is 18.5. The molecule has 1 aliphatic carbocycles. The van der Waals surface area contributed by atoms with E-state index >= 15 is 0 Å². The number of thiophene rings is 1. The number of nitrogens with zero attached hydrogens (tertiary/aromatic N) is 9. The molecule has 3 aromatic heterocycles. The Bertz CT molecular complexity index is 1830. The summed E-state index contributed by atoms with van der Waals surface area (Å²) in [7, 11) is 5.96. The maximum absolute atomic E-state index is 13.2. The van der Waals surface area contributed by atoms with E-state index in [2.05, 4.69) is 46.9 Å². The molecule has 280 valence electrons. The fraction of sp³-hybridized carbons (Fsp3) is 0.632. The van der Waals surface area contributed by atoms with Crippen LogP contribution in [0, 0.1) is 11.3 Å². The normalized spacial score (nSPS) is 24.5. The largest absolute Gasteiger partial charge is 0.473 e. The Morgan fingerprint density at radius 1 is 1.21 bits per heavy atom. The van der Waals surface area contributed by atoms with Crippen LogP contribution in [-0.2, 0) is 16.6 Å². The lowest BCUT2D eigenvalue weighted by molar-refractivity contribution is 0.00558. The number of carbonyl (C=O) groups excluding carboxylic acids is 1. The quantitative estimate of drug-likeness (QED) is 0.183. The Hall–Kier alpha value is -4.22. The number of aryl methyl sites for hydroxylation is 1. The molecule has 5 heterocycles. The van der Waals surface area contributed by atoms with E-state index in [1.54, 1.807) is 17.7 Å². The van der Waals surface area contributed by atoms with Gasteiger partial charge in [0.1, 0.15) is 34.4 Å². The number of piperazine rings is 1. The van der Waals surface area contributed by atoms with Crippen LogP contribution in [0.3, 0.4) is 0 Å². The van der Waals surface area contributed by atoms with Gasteiger partial charge in [-0.1, -0.05) is 5.16 Å². The Balaban J connectivity index is 1.35. The van der Waals surface area contributed by atoms with Crippen LogP contribution < -0.4 is 9.64 Å². The second-order valence-corrected chi connectivity index (χ2v) is 17.1. The van der Waals surface area contributed by atoms with Gasteiger partial charge in [-0.15, -0.1) is 11.3 Å². The van der Waals surface area contributed by atoms with Crippen molar-refractivity contribution in [3.63, 3.8) is 0 Å². The highest BCUT2D eigenvalue weighted by Crippen LogP contribution is 2.50. The molecule has 13 nitrogen and oxygen atoms in total. The standard InChI is InChI=1S/C38H53N9O4S/c1-23-20-46(21-24(2)47(23)36(48)50-37(4,5)6)31-18-32(49-25(3)28-13-12-16-45(28)10)42-34(41-31)27-17-30(51-43-27)38(7)15-11-14-29-33(38)26(19-39)35(52-29)40-22-44(8)9/h17-18,22-25,28H,11-16,20-21H2,1-10H3/b40-22+/t23-,24-,25-,28-,38+/m0/s1. The zero-order valence-corrected chi connectivity index (χ0v) is 33.1. The van der Waals surface area contributed by atoms with Crippen LogP contribution in [0.2, 0.25) is 0 Å². The van der Waals surface area contributed by atoms with Crippen LogP contribution in [0.1, 0.15) is 95.9 Å². The monoisotopic (exact) mass is 731 g/mol. The van der Waals surface area contributed by atoms with E-state index in [0.29, 0.717) is 52.6 Å². The summed E-state index contributed by atoms with van der Waals surface area (Å²) in [4.78, 5) is 37.1. The van der Waals surface area contributed by atoms with Crippen molar-refractivity contribution in [2.24, 2.45) is 4.99 Å². The van der Waals surface area contributed by atoms with Gasteiger partial charge in [-0.05, 0) is 99.7 Å². The predicted molar refractivity (Wildman–Crippen MR) is 203 cm³/mol. The molecule has 0 bridgehead atoms. The lowest BCUT2D eigenvalue weighted by atomic mass is 9.71. The molecule has 52 heavy (non-hydrogen) atoms. The SMILES string of the molecule is C[C@H](Oc1cc(N2C[C@H](C)N(C(=O)OC(C)(C)C)[C@@H](C)C2)nc(-c2cc([C@@]3(C)CCCc4sc(/N=C/N(C)C)c(C#N)c43)on2)n1)[C@@H]1CCCN1C. The van der Waals surface area contributed by atoms with Gasteiger partial charge < -0.3 is 23.8 Å². The third kappa shape index (κ3) is 7.62. The summed E-state index contributed by atoms with van der Waals surface area (Å²) in [6.45, 7) is 16.1. The van der Waals surface area contributed by atoms with E-state index in [-0.39, 0.29) is 30.3 Å². The minimum absolute atomic E-state index is 0.0928. The van der Waals surface area contributed by atoms with Crippen molar-refractivity contribution >= 4 is 34.6 Å². The summed E-state index contributed by atoms with van der Waals surface area (Å²) in [5.41, 5.74) is 0.896. The average Bonchev–Trinajstić information content (AvgIpc) is 3.81. The van der Waals surface area contributed by atoms with E-state index < -0.39 is 11.0 Å². The number of nitriles is 1. The van der Waals surface area contributed by atoms with Crippen LogP contribution >= 0.6 is 11.3 Å². The number of aliphatic imine (C=N–C) groups is 1. The Labute approximate surface area is 311 Å². The number of rotatable bonds is 8. The topological polar surface area (TPSA) is 136 Å². The molecule has 0 spiro atoms. The molecular weight excluding hydrogens is 679 g/mol. The van der Waals surface area contributed by atoms with E-state index in [1.165, 1.54) is 0 Å². The van der Waals surface area contributed by atoms with Gasteiger partial charge in [-0.2, -0.15) is 10.2 Å². The zero-order valence-electron chi connectivity index (χ0n) is 32.3. The minimum Gasteiger partial charge on any atom is -0.473 e. The minimum atomic E-state index is -0.583. The van der Waals surface area contributed by atoms with Crippen molar-refractivity contribution in [1.82, 2.24) is 29.8 Å². The van der Waals surface area contributed by atoms with Crippen molar-refractivity contribution in [3.8, 4) is 23.5 Å². The van der Waals surface area contributed by atoms with Gasteiger partial charge in [0.15, 0.2) is 11.5 Å². The van der Waals surface area contributed by atoms with Crippen molar-refractivity contribution in [2.75, 3.05) is 45.7 Å². The van der Waals surface area contributed by atoms with Crippen LogP contribution in [-0.4, -0.2) is 113 Å². The van der Waals surface area contributed by atoms with E-state index in [1.807, 2.05) is 70.6 Å². The van der Waals surface area contributed by atoms with Gasteiger partial charge in [0, 0.05) is 50.2 Å². The Kier molecular flexibility index (Phi) is 10.6. The lowest BCUT2D eigenvalue weighted by Crippen LogP contribution is -2.59. The third-order valence-corrected chi connectivity index (χ3v) is 11.5. The number of anilines is 1. The fourth-order valence-corrected chi connectivity index (χ4v) is 9.19. The van der Waals surface area contributed by atoms with E-state index in [0.717, 1.165) is 49.1 Å². The highest BCUT2D eigenvalue weighted by molar-refractivity contribution is 7.16. The van der Waals surface area contributed by atoms with Gasteiger partial charge in [0.2, 0.25) is 5.88 Å². The molecular formula is C38H53N9O4S. The number of carbonyl (C=O) groups is 1. The maximum atomic E-state index is 13.2. The van der Waals surface area contributed by atoms with Crippen LogP contribution in [0.5, 0.6) is 5.88 Å². The Morgan fingerprint density at radius 3 is 2.58 bits per heavy atom. The molecule has 5 atom stereocenters. The first-order valence-corrected chi connectivity index (χ1v) is 19.2. The first-order valence-electron chi connectivity index (χ1n) is 18.3. The van der Waals surface area contributed by atoms with Crippen LogP contribution in [0.4, 0.5) is 15.6 Å². The molecule has 0 radical (unpaired) electrons. The molecule has 14 heteroatoms. The highest BCUT2D eigenvalue weighted by atomic mass is 32.1. The van der Waals surface area contributed by atoms with Gasteiger partial charge in [-0.25, -0.2) is 14.8 Å².